The van der Waals surface area contributed by atoms with Crippen LogP contribution in [-0.2, 0) is 10.5 Å². The maximum atomic E-state index is 10.3. The number of rotatable bonds is 7. The van der Waals surface area contributed by atoms with E-state index in [1.54, 1.807) is 23.9 Å². The Bertz CT molecular complexity index is 397. The third-order valence-electron chi connectivity index (χ3n) is 1.91. The molecule has 17 heavy (non-hydrogen) atoms. The number of hydrogen-bond acceptors (Lipinski definition) is 4. The van der Waals surface area contributed by atoms with Gasteiger partial charge in [0.05, 0.1) is 6.07 Å². The summed E-state index contributed by atoms with van der Waals surface area (Å²) in [7, 11) is 0. The highest BCUT2D eigenvalue weighted by Gasteiger charge is 1.99. The number of nitrogens with zero attached hydrogens (tertiary/aromatic N) is 1. The number of benzene rings is 1. The molecule has 0 heterocycles. The van der Waals surface area contributed by atoms with Crippen molar-refractivity contribution in [2.24, 2.45) is 0 Å². The van der Waals surface area contributed by atoms with Crippen LogP contribution in [0.1, 0.15) is 12.0 Å². The minimum absolute atomic E-state index is 0.323. The van der Waals surface area contributed by atoms with Crippen molar-refractivity contribution in [3.05, 3.63) is 29.8 Å². The van der Waals surface area contributed by atoms with Crippen LogP contribution in [0.4, 0.5) is 0 Å². The normalized spacial score (nSPS) is 9.59. The number of thioether (sulfide) groups is 1. The Balaban J connectivity index is 2.34. The van der Waals surface area contributed by atoms with Gasteiger partial charge in [-0.1, -0.05) is 12.1 Å². The number of carbonyl (C=O) groups is 1. The summed E-state index contributed by atoms with van der Waals surface area (Å²) in [6.45, 7) is -0.323. The van der Waals surface area contributed by atoms with Crippen molar-refractivity contribution in [2.45, 2.75) is 12.2 Å². The van der Waals surface area contributed by atoms with Gasteiger partial charge in [0.1, 0.15) is 5.75 Å². The largest absolute Gasteiger partial charge is 0.482 e. The molecule has 0 radical (unpaired) electrons. The fraction of sp³-hybridized carbons (Fsp3) is 0.333. The molecule has 0 fully saturated rings. The second-order valence-corrected chi connectivity index (χ2v) is 4.39. The van der Waals surface area contributed by atoms with Crippen LogP contribution in [0.2, 0.25) is 0 Å². The summed E-state index contributed by atoms with van der Waals surface area (Å²) in [4.78, 5) is 10.3. The summed E-state index contributed by atoms with van der Waals surface area (Å²) in [5.41, 5.74) is 1.13. The molecule has 0 saturated heterocycles. The average Bonchev–Trinajstić information content (AvgIpc) is 2.33. The SMILES string of the molecule is N#CCCSCc1ccc(OCC(=O)O)cc1. The zero-order chi connectivity index (χ0) is 12.5. The lowest BCUT2D eigenvalue weighted by Gasteiger charge is -2.04. The number of ether oxygens (including phenoxy) is 1. The van der Waals surface area contributed by atoms with Gasteiger partial charge in [-0.3, -0.25) is 0 Å². The van der Waals surface area contributed by atoms with Gasteiger partial charge >= 0.3 is 5.97 Å². The van der Waals surface area contributed by atoms with Crippen molar-refractivity contribution in [3.63, 3.8) is 0 Å². The van der Waals surface area contributed by atoms with E-state index in [2.05, 4.69) is 6.07 Å². The first-order chi connectivity index (χ1) is 8.22. The van der Waals surface area contributed by atoms with Crippen LogP contribution in [0.25, 0.3) is 0 Å². The number of nitriles is 1. The van der Waals surface area contributed by atoms with Gasteiger partial charge < -0.3 is 9.84 Å². The van der Waals surface area contributed by atoms with E-state index >= 15 is 0 Å². The molecule has 0 saturated carbocycles. The molecule has 0 bridgehead atoms. The highest BCUT2D eigenvalue weighted by atomic mass is 32.2. The van der Waals surface area contributed by atoms with Crippen molar-refractivity contribution in [1.29, 1.82) is 5.26 Å². The topological polar surface area (TPSA) is 70.3 Å². The minimum atomic E-state index is -0.985. The maximum Gasteiger partial charge on any atom is 0.341 e. The van der Waals surface area contributed by atoms with Crippen LogP contribution in [0.5, 0.6) is 5.75 Å². The quantitative estimate of drug-likeness (QED) is 0.753. The average molecular weight is 251 g/mol. The molecule has 0 unspecified atom stereocenters. The number of carboxylic acids is 1. The van der Waals surface area contributed by atoms with E-state index in [-0.39, 0.29) is 6.61 Å². The van der Waals surface area contributed by atoms with Gasteiger partial charge in [0.25, 0.3) is 0 Å². The predicted molar refractivity (Wildman–Crippen MR) is 66.0 cm³/mol. The highest BCUT2D eigenvalue weighted by molar-refractivity contribution is 7.98. The first-order valence-corrected chi connectivity index (χ1v) is 6.26. The Morgan fingerprint density at radius 2 is 2.12 bits per heavy atom. The molecule has 0 spiro atoms. The summed E-state index contributed by atoms with van der Waals surface area (Å²) in [5, 5.41) is 16.8. The molecule has 0 aliphatic rings. The molecule has 1 aromatic carbocycles. The van der Waals surface area contributed by atoms with Crippen LogP contribution < -0.4 is 4.74 Å². The summed E-state index contributed by atoms with van der Waals surface area (Å²) >= 11 is 1.70. The summed E-state index contributed by atoms with van der Waals surface area (Å²) < 4.78 is 5.02. The van der Waals surface area contributed by atoms with E-state index in [0.717, 1.165) is 17.1 Å². The third-order valence-corrected chi connectivity index (χ3v) is 2.94. The monoisotopic (exact) mass is 251 g/mol. The summed E-state index contributed by atoms with van der Waals surface area (Å²) in [6.07, 6.45) is 0.560. The van der Waals surface area contributed by atoms with Gasteiger partial charge in [-0.15, -0.1) is 0 Å². The molecule has 1 rings (SSSR count). The third kappa shape index (κ3) is 5.83. The zero-order valence-electron chi connectivity index (χ0n) is 9.26. The van der Waals surface area contributed by atoms with Crippen LogP contribution in [0, 0.1) is 11.3 Å². The highest BCUT2D eigenvalue weighted by Crippen LogP contribution is 2.17. The molecule has 1 aromatic rings. The zero-order valence-corrected chi connectivity index (χ0v) is 10.1. The van der Waals surface area contributed by atoms with Gasteiger partial charge in [0.2, 0.25) is 0 Å². The van der Waals surface area contributed by atoms with Crippen molar-refractivity contribution in [3.8, 4) is 11.8 Å². The van der Waals surface area contributed by atoms with Crippen LogP contribution >= 0.6 is 11.8 Å². The Morgan fingerprint density at radius 3 is 2.71 bits per heavy atom. The molecular formula is C12H13NO3S. The van der Waals surface area contributed by atoms with E-state index in [4.69, 9.17) is 15.1 Å². The van der Waals surface area contributed by atoms with E-state index in [0.29, 0.717) is 12.2 Å². The van der Waals surface area contributed by atoms with Gasteiger partial charge in [-0.2, -0.15) is 17.0 Å². The van der Waals surface area contributed by atoms with E-state index in [1.807, 2.05) is 12.1 Å². The Labute approximate surface area is 104 Å². The van der Waals surface area contributed by atoms with E-state index in [9.17, 15) is 4.79 Å². The molecule has 0 aliphatic carbocycles. The van der Waals surface area contributed by atoms with Crippen molar-refractivity contribution < 1.29 is 14.6 Å². The van der Waals surface area contributed by atoms with E-state index < -0.39 is 5.97 Å². The number of aliphatic carboxylic acids is 1. The van der Waals surface area contributed by atoms with Crippen LogP contribution in [0.3, 0.4) is 0 Å². The van der Waals surface area contributed by atoms with E-state index in [1.165, 1.54) is 0 Å². The van der Waals surface area contributed by atoms with Crippen LogP contribution in [0.15, 0.2) is 24.3 Å². The number of hydrogen-bond donors (Lipinski definition) is 1. The fourth-order valence-corrected chi connectivity index (χ4v) is 1.94. The van der Waals surface area contributed by atoms with Crippen molar-refractivity contribution in [2.75, 3.05) is 12.4 Å². The summed E-state index contributed by atoms with van der Waals surface area (Å²) in [5.74, 6) is 1.24. The molecule has 0 aliphatic heterocycles. The minimum Gasteiger partial charge on any atom is -0.482 e. The first-order valence-electron chi connectivity index (χ1n) is 5.10. The molecule has 4 nitrogen and oxygen atoms in total. The van der Waals surface area contributed by atoms with Gasteiger partial charge in [0.15, 0.2) is 6.61 Å². The fourth-order valence-electron chi connectivity index (χ4n) is 1.13. The second-order valence-electron chi connectivity index (χ2n) is 3.29. The lowest BCUT2D eigenvalue weighted by molar-refractivity contribution is -0.139. The Morgan fingerprint density at radius 1 is 1.41 bits per heavy atom. The molecule has 0 atom stereocenters. The predicted octanol–water partition coefficient (Wildman–Crippen LogP) is 2.30. The number of carboxylic acid groups (broad SMARTS) is 1. The smallest absolute Gasteiger partial charge is 0.341 e. The van der Waals surface area contributed by atoms with Gasteiger partial charge in [0, 0.05) is 17.9 Å². The second kappa shape index (κ2) is 7.58. The van der Waals surface area contributed by atoms with Crippen molar-refractivity contribution in [1.82, 2.24) is 0 Å². The molecule has 5 heteroatoms. The molecule has 1 N–H and O–H groups in total. The first kappa shape index (κ1) is 13.4. The Hall–Kier alpha value is -1.67. The van der Waals surface area contributed by atoms with Gasteiger partial charge in [-0.25, -0.2) is 4.79 Å². The van der Waals surface area contributed by atoms with Crippen molar-refractivity contribution >= 4 is 17.7 Å². The molecular weight excluding hydrogens is 238 g/mol. The lowest BCUT2D eigenvalue weighted by Crippen LogP contribution is -2.09. The van der Waals surface area contributed by atoms with Crippen LogP contribution in [-0.4, -0.2) is 23.4 Å². The molecule has 0 aromatic heterocycles. The lowest BCUT2D eigenvalue weighted by atomic mass is 10.2. The maximum absolute atomic E-state index is 10.3. The van der Waals surface area contributed by atoms with Gasteiger partial charge in [-0.05, 0) is 17.7 Å². The standard InChI is InChI=1S/C12H13NO3S/c13-6-1-7-17-9-10-2-4-11(5-3-10)16-8-12(14)15/h2-5H,1,7-9H2,(H,14,15). The summed E-state index contributed by atoms with van der Waals surface area (Å²) in [6, 6.07) is 9.40. The Kier molecular flexibility index (Phi) is 5.97. The molecule has 0 amide bonds. The molecule has 90 valence electrons.